The number of nitrogens with two attached hydrogens (primary N) is 1. The third-order valence-electron chi connectivity index (χ3n) is 2.92. The van der Waals surface area contributed by atoms with Crippen LogP contribution in [0.15, 0.2) is 30.3 Å². The lowest BCUT2D eigenvalue weighted by Crippen LogP contribution is -2.42. The van der Waals surface area contributed by atoms with Crippen molar-refractivity contribution in [3.8, 4) is 0 Å². The van der Waals surface area contributed by atoms with Gasteiger partial charge in [-0.25, -0.2) is 13.1 Å². The van der Waals surface area contributed by atoms with E-state index in [9.17, 15) is 8.42 Å². The summed E-state index contributed by atoms with van der Waals surface area (Å²) in [6.07, 6.45) is 1.29. The van der Waals surface area contributed by atoms with Gasteiger partial charge in [0.25, 0.3) is 0 Å². The highest BCUT2D eigenvalue weighted by atomic mass is 32.2. The summed E-state index contributed by atoms with van der Waals surface area (Å²) in [4.78, 5) is 0. The Hall–Kier alpha value is -0.910. The van der Waals surface area contributed by atoms with E-state index in [4.69, 9.17) is 5.73 Å². The Kier molecular flexibility index (Phi) is 6.48. The van der Waals surface area contributed by atoms with Gasteiger partial charge in [0, 0.05) is 12.6 Å². The van der Waals surface area contributed by atoms with E-state index in [1.54, 1.807) is 0 Å². The quantitative estimate of drug-likeness (QED) is 0.760. The van der Waals surface area contributed by atoms with Gasteiger partial charge in [-0.3, -0.25) is 0 Å². The highest BCUT2D eigenvalue weighted by molar-refractivity contribution is 7.89. The lowest BCUT2D eigenvalue weighted by Gasteiger charge is -2.17. The van der Waals surface area contributed by atoms with Crippen LogP contribution in [-0.4, -0.2) is 26.8 Å². The lowest BCUT2D eigenvalue weighted by atomic mass is 10.1. The largest absolute Gasteiger partial charge is 0.329 e. The van der Waals surface area contributed by atoms with Crippen molar-refractivity contribution < 1.29 is 8.42 Å². The predicted molar refractivity (Wildman–Crippen MR) is 79.4 cm³/mol. The van der Waals surface area contributed by atoms with Gasteiger partial charge >= 0.3 is 0 Å². The van der Waals surface area contributed by atoms with E-state index in [1.807, 2.05) is 44.2 Å². The minimum atomic E-state index is -3.24. The molecule has 1 atom stereocenters. The second-order valence-corrected chi connectivity index (χ2v) is 7.12. The minimum absolute atomic E-state index is 0.163. The van der Waals surface area contributed by atoms with Crippen LogP contribution in [0, 0.1) is 5.92 Å². The molecule has 1 rings (SSSR count). The second-order valence-electron chi connectivity index (χ2n) is 5.24. The van der Waals surface area contributed by atoms with Crippen LogP contribution in [0.4, 0.5) is 0 Å². The van der Waals surface area contributed by atoms with Crippen LogP contribution in [0.5, 0.6) is 0 Å². The normalized spacial score (nSPS) is 13.7. The maximum absolute atomic E-state index is 11.9. The monoisotopic (exact) mass is 284 g/mol. The molecule has 0 amide bonds. The minimum Gasteiger partial charge on any atom is -0.329 e. The number of hydrogen-bond acceptors (Lipinski definition) is 3. The van der Waals surface area contributed by atoms with Crippen molar-refractivity contribution in [1.29, 1.82) is 0 Å². The summed E-state index contributed by atoms with van der Waals surface area (Å²) in [7, 11) is -3.24. The maximum atomic E-state index is 11.9. The topological polar surface area (TPSA) is 72.2 Å². The summed E-state index contributed by atoms with van der Waals surface area (Å²) in [6, 6.07) is 9.54. The summed E-state index contributed by atoms with van der Waals surface area (Å²) in [5.74, 6) is 0.540. The lowest BCUT2D eigenvalue weighted by molar-refractivity contribution is 0.536. The van der Waals surface area contributed by atoms with E-state index in [0.29, 0.717) is 25.3 Å². The van der Waals surface area contributed by atoms with Crippen molar-refractivity contribution in [3.63, 3.8) is 0 Å². The molecule has 0 spiro atoms. The molecule has 0 aromatic heterocycles. The average molecular weight is 284 g/mol. The molecule has 5 heteroatoms. The third kappa shape index (κ3) is 6.71. The first-order valence-electron chi connectivity index (χ1n) is 6.67. The standard InChI is InChI=1S/C14H24N2O2S/c1-12(2)8-9-19(17,18)16-14(11-15)10-13-6-4-3-5-7-13/h3-7,12,14,16H,8-11,15H2,1-2H3. The first-order valence-corrected chi connectivity index (χ1v) is 8.32. The molecular weight excluding hydrogens is 260 g/mol. The summed E-state index contributed by atoms with van der Waals surface area (Å²) >= 11 is 0. The Bertz CT molecular complexity index is 458. The Labute approximate surface area is 116 Å². The molecule has 0 fully saturated rings. The van der Waals surface area contributed by atoms with Crippen LogP contribution in [0.25, 0.3) is 0 Å². The van der Waals surface area contributed by atoms with E-state index in [0.717, 1.165) is 5.56 Å². The van der Waals surface area contributed by atoms with E-state index < -0.39 is 10.0 Å². The van der Waals surface area contributed by atoms with Gasteiger partial charge in [0.15, 0.2) is 0 Å². The van der Waals surface area contributed by atoms with Crippen LogP contribution in [0.1, 0.15) is 25.8 Å². The molecule has 0 aliphatic carbocycles. The Morgan fingerprint density at radius 2 is 1.84 bits per heavy atom. The summed E-state index contributed by atoms with van der Waals surface area (Å²) < 4.78 is 26.5. The van der Waals surface area contributed by atoms with Crippen molar-refractivity contribution in [2.24, 2.45) is 11.7 Å². The zero-order valence-corrected chi connectivity index (χ0v) is 12.5. The van der Waals surface area contributed by atoms with E-state index in [2.05, 4.69) is 4.72 Å². The second kappa shape index (κ2) is 7.62. The molecule has 0 aliphatic rings. The van der Waals surface area contributed by atoms with Gasteiger partial charge in [0.2, 0.25) is 10.0 Å². The van der Waals surface area contributed by atoms with Gasteiger partial charge in [-0.05, 0) is 24.3 Å². The number of benzene rings is 1. The Morgan fingerprint density at radius 1 is 1.21 bits per heavy atom. The molecular formula is C14H24N2O2S. The summed E-state index contributed by atoms with van der Waals surface area (Å²) in [6.45, 7) is 4.33. The van der Waals surface area contributed by atoms with E-state index in [-0.39, 0.29) is 11.8 Å². The van der Waals surface area contributed by atoms with Gasteiger partial charge < -0.3 is 5.73 Å². The van der Waals surface area contributed by atoms with Crippen LogP contribution in [0.2, 0.25) is 0 Å². The molecule has 1 aromatic rings. The fourth-order valence-electron chi connectivity index (χ4n) is 1.78. The van der Waals surface area contributed by atoms with Crippen LogP contribution >= 0.6 is 0 Å². The van der Waals surface area contributed by atoms with E-state index in [1.165, 1.54) is 0 Å². The molecule has 19 heavy (non-hydrogen) atoms. The van der Waals surface area contributed by atoms with Crippen molar-refractivity contribution in [1.82, 2.24) is 4.72 Å². The number of hydrogen-bond donors (Lipinski definition) is 2. The fraction of sp³-hybridized carbons (Fsp3) is 0.571. The first kappa shape index (κ1) is 16.1. The van der Waals surface area contributed by atoms with Gasteiger partial charge in [-0.15, -0.1) is 0 Å². The highest BCUT2D eigenvalue weighted by Gasteiger charge is 2.17. The van der Waals surface area contributed by atoms with Crippen LogP contribution in [-0.2, 0) is 16.4 Å². The van der Waals surface area contributed by atoms with Gasteiger partial charge in [0.05, 0.1) is 5.75 Å². The predicted octanol–water partition coefficient (Wildman–Crippen LogP) is 1.52. The van der Waals surface area contributed by atoms with Crippen LogP contribution in [0.3, 0.4) is 0 Å². The van der Waals surface area contributed by atoms with Crippen molar-refractivity contribution in [3.05, 3.63) is 35.9 Å². The summed E-state index contributed by atoms with van der Waals surface area (Å²) in [5, 5.41) is 0. The maximum Gasteiger partial charge on any atom is 0.211 e. The Morgan fingerprint density at radius 3 is 2.37 bits per heavy atom. The molecule has 4 nitrogen and oxygen atoms in total. The summed E-state index contributed by atoms with van der Waals surface area (Å²) in [5.41, 5.74) is 6.74. The number of nitrogens with one attached hydrogen (secondary N) is 1. The molecule has 0 saturated carbocycles. The molecule has 0 bridgehead atoms. The molecule has 1 unspecified atom stereocenters. The molecule has 0 radical (unpaired) electrons. The molecule has 0 aliphatic heterocycles. The molecule has 0 saturated heterocycles. The molecule has 1 aromatic carbocycles. The molecule has 108 valence electrons. The van der Waals surface area contributed by atoms with E-state index >= 15 is 0 Å². The van der Waals surface area contributed by atoms with Gasteiger partial charge in [0.1, 0.15) is 0 Å². The average Bonchev–Trinajstić information content (AvgIpc) is 2.37. The van der Waals surface area contributed by atoms with Crippen molar-refractivity contribution in [2.45, 2.75) is 32.7 Å². The Balaban J connectivity index is 2.56. The van der Waals surface area contributed by atoms with Crippen molar-refractivity contribution >= 4 is 10.0 Å². The van der Waals surface area contributed by atoms with Crippen molar-refractivity contribution in [2.75, 3.05) is 12.3 Å². The first-order chi connectivity index (χ1) is 8.93. The van der Waals surface area contributed by atoms with Crippen LogP contribution < -0.4 is 10.5 Å². The van der Waals surface area contributed by atoms with Gasteiger partial charge in [-0.1, -0.05) is 44.2 Å². The zero-order chi connectivity index (χ0) is 14.3. The van der Waals surface area contributed by atoms with Gasteiger partial charge in [-0.2, -0.15) is 0 Å². The number of sulfonamides is 1. The molecule has 0 heterocycles. The highest BCUT2D eigenvalue weighted by Crippen LogP contribution is 2.06. The molecule has 3 N–H and O–H groups in total. The smallest absolute Gasteiger partial charge is 0.211 e. The number of rotatable bonds is 8. The third-order valence-corrected chi connectivity index (χ3v) is 4.39. The fourth-order valence-corrected chi connectivity index (χ4v) is 3.36. The SMILES string of the molecule is CC(C)CCS(=O)(=O)NC(CN)Cc1ccccc1. The zero-order valence-electron chi connectivity index (χ0n) is 11.7.